The molecule has 0 N–H and O–H groups in total. The van der Waals surface area contributed by atoms with Crippen molar-refractivity contribution in [2.45, 2.75) is 0 Å². The third-order valence-corrected chi connectivity index (χ3v) is 4.60. The molecule has 4 rings (SSSR count). The number of hydrogen-bond donors (Lipinski definition) is 0. The first-order valence-corrected chi connectivity index (χ1v) is 8.25. The number of anilines is 1. The third-order valence-electron chi connectivity index (χ3n) is 3.78. The maximum atomic E-state index is 13.1. The zero-order chi connectivity index (χ0) is 15.6. The molecule has 114 valence electrons. The summed E-state index contributed by atoms with van der Waals surface area (Å²) in [5.41, 5.74) is 4.24. The Morgan fingerprint density at radius 1 is 1.09 bits per heavy atom. The molecule has 1 amide bonds. The lowest BCUT2D eigenvalue weighted by Crippen LogP contribution is -2.37. The van der Waals surface area contributed by atoms with Crippen molar-refractivity contribution in [3.63, 3.8) is 0 Å². The number of ether oxygens (including phenoxy) is 1. The molecule has 5 heteroatoms. The van der Waals surface area contributed by atoms with Crippen LogP contribution in [0, 0.1) is 0 Å². The van der Waals surface area contributed by atoms with Gasteiger partial charge in [-0.05, 0) is 12.1 Å². The Hall–Kier alpha value is -2.66. The van der Waals surface area contributed by atoms with Gasteiger partial charge in [0.05, 0.1) is 23.4 Å². The first kappa shape index (κ1) is 14.0. The van der Waals surface area contributed by atoms with Crippen LogP contribution in [0.5, 0.6) is 5.75 Å². The highest BCUT2D eigenvalue weighted by atomic mass is 32.1. The van der Waals surface area contributed by atoms with Gasteiger partial charge >= 0.3 is 0 Å². The highest BCUT2D eigenvalue weighted by molar-refractivity contribution is 7.12. The van der Waals surface area contributed by atoms with Crippen LogP contribution in [0.3, 0.4) is 0 Å². The van der Waals surface area contributed by atoms with E-state index < -0.39 is 0 Å². The Labute approximate surface area is 138 Å². The van der Waals surface area contributed by atoms with E-state index >= 15 is 0 Å². The van der Waals surface area contributed by atoms with Gasteiger partial charge in [0.15, 0.2) is 0 Å². The molecule has 0 spiro atoms. The number of hydrogen-bond acceptors (Lipinski definition) is 4. The van der Waals surface area contributed by atoms with Gasteiger partial charge in [0.1, 0.15) is 17.2 Å². The summed E-state index contributed by atoms with van der Waals surface area (Å²) in [6.07, 6.45) is 0. The minimum Gasteiger partial charge on any atom is -0.490 e. The monoisotopic (exact) mass is 322 g/mol. The standard InChI is InChI=1S/C18H14N2O2S/c21-18(20-10-11-22-15-9-5-4-8-14(15)20)17-16(19-12-23-17)13-6-2-1-3-7-13/h1-9,12H,10-11H2. The predicted octanol–water partition coefficient (Wildman–Crippen LogP) is 3.85. The van der Waals surface area contributed by atoms with Gasteiger partial charge in [0, 0.05) is 5.56 Å². The van der Waals surface area contributed by atoms with Gasteiger partial charge in [-0.1, -0.05) is 42.5 Å². The van der Waals surface area contributed by atoms with Gasteiger partial charge in [0.2, 0.25) is 0 Å². The van der Waals surface area contributed by atoms with Crippen LogP contribution in [-0.4, -0.2) is 24.0 Å². The summed E-state index contributed by atoms with van der Waals surface area (Å²) in [6.45, 7) is 1.05. The van der Waals surface area contributed by atoms with Crippen LogP contribution in [0.4, 0.5) is 5.69 Å². The maximum absolute atomic E-state index is 13.1. The van der Waals surface area contributed by atoms with E-state index in [0.717, 1.165) is 22.7 Å². The minimum absolute atomic E-state index is 0.0258. The number of aromatic nitrogens is 1. The van der Waals surface area contributed by atoms with E-state index in [2.05, 4.69) is 4.98 Å². The Kier molecular flexibility index (Phi) is 3.55. The lowest BCUT2D eigenvalue weighted by molar-refractivity contribution is 0.0981. The Morgan fingerprint density at radius 3 is 2.74 bits per heavy atom. The summed E-state index contributed by atoms with van der Waals surface area (Å²) < 4.78 is 5.63. The van der Waals surface area contributed by atoms with Gasteiger partial charge < -0.3 is 9.64 Å². The maximum Gasteiger partial charge on any atom is 0.270 e. The smallest absolute Gasteiger partial charge is 0.270 e. The number of nitrogens with zero attached hydrogens (tertiary/aromatic N) is 2. The number of rotatable bonds is 2. The van der Waals surface area contributed by atoms with Crippen LogP contribution < -0.4 is 9.64 Å². The average Bonchev–Trinajstić information content (AvgIpc) is 3.11. The number of para-hydroxylation sites is 2. The van der Waals surface area contributed by atoms with E-state index in [1.807, 2.05) is 54.6 Å². The lowest BCUT2D eigenvalue weighted by atomic mass is 10.1. The van der Waals surface area contributed by atoms with E-state index in [4.69, 9.17) is 4.74 Å². The average molecular weight is 322 g/mol. The fourth-order valence-electron chi connectivity index (χ4n) is 2.70. The lowest BCUT2D eigenvalue weighted by Gasteiger charge is -2.29. The molecule has 0 aliphatic carbocycles. The molecule has 1 aliphatic rings. The molecule has 1 aromatic heterocycles. The number of benzene rings is 2. The first-order valence-electron chi connectivity index (χ1n) is 7.37. The van der Waals surface area contributed by atoms with Crippen molar-refractivity contribution in [2.75, 3.05) is 18.1 Å². The summed E-state index contributed by atoms with van der Waals surface area (Å²) in [4.78, 5) is 19.9. The Bertz CT molecular complexity index is 845. The van der Waals surface area contributed by atoms with Crippen LogP contribution in [0.2, 0.25) is 0 Å². The molecule has 0 unspecified atom stereocenters. The minimum atomic E-state index is -0.0258. The van der Waals surface area contributed by atoms with Gasteiger partial charge in [0.25, 0.3) is 5.91 Å². The van der Waals surface area contributed by atoms with Crippen LogP contribution in [-0.2, 0) is 0 Å². The summed E-state index contributed by atoms with van der Waals surface area (Å²) >= 11 is 1.38. The molecule has 0 fully saturated rings. The second kappa shape index (κ2) is 5.85. The largest absolute Gasteiger partial charge is 0.490 e. The van der Waals surface area contributed by atoms with Crippen molar-refractivity contribution in [3.05, 3.63) is 65.0 Å². The molecule has 2 heterocycles. The summed E-state index contributed by atoms with van der Waals surface area (Å²) in [6, 6.07) is 17.4. The number of thiazole rings is 1. The van der Waals surface area contributed by atoms with Gasteiger partial charge in [-0.25, -0.2) is 4.98 Å². The van der Waals surface area contributed by atoms with E-state index in [1.165, 1.54) is 11.3 Å². The SMILES string of the molecule is O=C(c1scnc1-c1ccccc1)N1CCOc2ccccc21. The molecule has 0 bridgehead atoms. The van der Waals surface area contributed by atoms with E-state index in [-0.39, 0.29) is 5.91 Å². The van der Waals surface area contributed by atoms with Crippen LogP contribution in [0.25, 0.3) is 11.3 Å². The van der Waals surface area contributed by atoms with Crippen LogP contribution in [0.1, 0.15) is 9.67 Å². The summed E-state index contributed by atoms with van der Waals surface area (Å²) in [7, 11) is 0. The second-order valence-electron chi connectivity index (χ2n) is 5.17. The molecule has 3 aromatic rings. The van der Waals surface area contributed by atoms with Crippen molar-refractivity contribution >= 4 is 22.9 Å². The molecular weight excluding hydrogens is 308 g/mol. The molecule has 1 aliphatic heterocycles. The van der Waals surface area contributed by atoms with Crippen molar-refractivity contribution in [3.8, 4) is 17.0 Å². The first-order chi connectivity index (χ1) is 11.3. The zero-order valence-electron chi connectivity index (χ0n) is 12.3. The van der Waals surface area contributed by atoms with E-state index in [0.29, 0.717) is 18.0 Å². The molecular formula is C18H14N2O2S. The van der Waals surface area contributed by atoms with Crippen LogP contribution in [0.15, 0.2) is 60.1 Å². The van der Waals surface area contributed by atoms with Crippen molar-refractivity contribution in [1.29, 1.82) is 0 Å². The van der Waals surface area contributed by atoms with Crippen molar-refractivity contribution in [2.24, 2.45) is 0 Å². The molecule has 0 saturated carbocycles. The molecule has 23 heavy (non-hydrogen) atoms. The van der Waals surface area contributed by atoms with Gasteiger partial charge in [-0.15, -0.1) is 11.3 Å². The fraction of sp³-hybridized carbons (Fsp3) is 0.111. The molecule has 0 atom stereocenters. The molecule has 0 saturated heterocycles. The number of carbonyl (C=O) groups excluding carboxylic acids is 1. The normalized spacial score (nSPS) is 13.3. The number of carbonyl (C=O) groups is 1. The van der Waals surface area contributed by atoms with E-state index in [9.17, 15) is 4.79 Å². The second-order valence-corrected chi connectivity index (χ2v) is 6.02. The third kappa shape index (κ3) is 2.49. The Balaban J connectivity index is 1.74. The topological polar surface area (TPSA) is 42.4 Å². The number of fused-ring (bicyclic) bond motifs is 1. The van der Waals surface area contributed by atoms with Crippen molar-refractivity contribution < 1.29 is 9.53 Å². The Morgan fingerprint density at radius 2 is 1.87 bits per heavy atom. The fourth-order valence-corrected chi connectivity index (χ4v) is 3.46. The predicted molar refractivity (Wildman–Crippen MR) is 91.2 cm³/mol. The summed E-state index contributed by atoms with van der Waals surface area (Å²) in [5.74, 6) is 0.722. The molecule has 2 aromatic carbocycles. The van der Waals surface area contributed by atoms with Crippen LogP contribution >= 0.6 is 11.3 Å². The van der Waals surface area contributed by atoms with Gasteiger partial charge in [-0.3, -0.25) is 4.79 Å². The quantitative estimate of drug-likeness (QED) is 0.720. The molecule has 4 nitrogen and oxygen atoms in total. The van der Waals surface area contributed by atoms with E-state index in [1.54, 1.807) is 10.4 Å². The zero-order valence-corrected chi connectivity index (χ0v) is 13.1. The highest BCUT2D eigenvalue weighted by Crippen LogP contribution is 2.34. The van der Waals surface area contributed by atoms with Crippen molar-refractivity contribution in [1.82, 2.24) is 4.98 Å². The highest BCUT2D eigenvalue weighted by Gasteiger charge is 2.27. The van der Waals surface area contributed by atoms with Gasteiger partial charge in [-0.2, -0.15) is 0 Å². The summed E-state index contributed by atoms with van der Waals surface area (Å²) in [5, 5.41) is 0. The number of amides is 1. The molecule has 0 radical (unpaired) electrons.